The fourth-order valence-electron chi connectivity index (χ4n) is 2.36. The molecule has 1 unspecified atom stereocenters. The van der Waals surface area contributed by atoms with E-state index in [1.165, 1.54) is 6.07 Å². The summed E-state index contributed by atoms with van der Waals surface area (Å²) in [4.78, 5) is 0. The molecule has 1 aliphatic heterocycles. The first-order valence-electron chi connectivity index (χ1n) is 6.22. The van der Waals surface area contributed by atoms with Crippen LogP contribution in [0.1, 0.15) is 22.7 Å². The first-order valence-corrected chi connectivity index (χ1v) is 7.39. The summed E-state index contributed by atoms with van der Waals surface area (Å²) >= 11 is 9.22. The van der Waals surface area contributed by atoms with Gasteiger partial charge >= 0.3 is 0 Å². The van der Waals surface area contributed by atoms with Crippen molar-refractivity contribution >= 4 is 27.5 Å². The predicted molar refractivity (Wildman–Crippen MR) is 80.8 cm³/mol. The molecule has 2 nitrogen and oxygen atoms in total. The number of rotatable bonds is 2. The molecular formula is C15H12BrClFNO. The minimum Gasteiger partial charge on any atom is -0.493 e. The lowest BCUT2D eigenvalue weighted by atomic mass is 9.97. The van der Waals surface area contributed by atoms with Crippen LogP contribution in [0.4, 0.5) is 4.39 Å². The third kappa shape index (κ3) is 2.43. The molecule has 2 aromatic rings. The second-order valence-corrected chi connectivity index (χ2v) is 5.99. The number of halogens is 3. The molecule has 0 saturated heterocycles. The average Bonchev–Trinajstić information content (AvgIpc) is 2.89. The molecule has 0 aromatic heterocycles. The Balaban J connectivity index is 2.00. The summed E-state index contributed by atoms with van der Waals surface area (Å²) in [5.74, 6) is 0.515. The van der Waals surface area contributed by atoms with Gasteiger partial charge in [0.15, 0.2) is 0 Å². The van der Waals surface area contributed by atoms with E-state index in [4.69, 9.17) is 22.1 Å². The van der Waals surface area contributed by atoms with Gasteiger partial charge in [-0.2, -0.15) is 0 Å². The molecule has 3 rings (SSSR count). The fourth-order valence-corrected chi connectivity index (χ4v) is 2.84. The van der Waals surface area contributed by atoms with E-state index in [0.717, 1.165) is 23.3 Å². The van der Waals surface area contributed by atoms with Crippen LogP contribution in [0.25, 0.3) is 0 Å². The topological polar surface area (TPSA) is 35.2 Å². The van der Waals surface area contributed by atoms with Crippen LogP contribution in [0.15, 0.2) is 34.8 Å². The molecule has 1 atom stereocenters. The van der Waals surface area contributed by atoms with Crippen molar-refractivity contribution in [3.63, 3.8) is 0 Å². The van der Waals surface area contributed by atoms with Crippen LogP contribution in [0.5, 0.6) is 5.75 Å². The fraction of sp³-hybridized carbons (Fsp3) is 0.200. The Morgan fingerprint density at radius 1 is 1.30 bits per heavy atom. The summed E-state index contributed by atoms with van der Waals surface area (Å²) in [6, 6.07) is 8.08. The number of ether oxygens (including phenoxy) is 1. The van der Waals surface area contributed by atoms with Gasteiger partial charge in [0.2, 0.25) is 0 Å². The molecule has 2 aromatic carbocycles. The second-order valence-electron chi connectivity index (χ2n) is 4.73. The Labute approximate surface area is 129 Å². The highest BCUT2D eigenvalue weighted by molar-refractivity contribution is 9.10. The number of nitrogens with two attached hydrogens (primary N) is 1. The number of fused-ring (bicyclic) bond motifs is 1. The lowest BCUT2D eigenvalue weighted by molar-refractivity contribution is 0.357. The van der Waals surface area contributed by atoms with Crippen LogP contribution in [0.3, 0.4) is 0 Å². The van der Waals surface area contributed by atoms with Gasteiger partial charge in [-0.05, 0) is 45.3 Å². The molecule has 2 N–H and O–H groups in total. The molecule has 0 radical (unpaired) electrons. The van der Waals surface area contributed by atoms with Gasteiger partial charge in [0.05, 0.1) is 17.7 Å². The zero-order valence-corrected chi connectivity index (χ0v) is 12.8. The van der Waals surface area contributed by atoms with Gasteiger partial charge in [-0.15, -0.1) is 0 Å². The third-order valence-corrected chi connectivity index (χ3v) is 4.64. The smallest absolute Gasteiger partial charge is 0.129 e. The van der Waals surface area contributed by atoms with Crippen LogP contribution in [-0.4, -0.2) is 6.61 Å². The summed E-state index contributed by atoms with van der Waals surface area (Å²) in [6.07, 6.45) is 0.861. The highest BCUT2D eigenvalue weighted by atomic mass is 79.9. The minimum atomic E-state index is -0.550. The number of benzene rings is 2. The molecule has 5 heteroatoms. The van der Waals surface area contributed by atoms with E-state index in [2.05, 4.69) is 15.9 Å². The van der Waals surface area contributed by atoms with Crippen LogP contribution in [0, 0.1) is 5.82 Å². The standard InChI is InChI=1S/C15H12BrClFNO/c16-11-7-13(18)10(6-12(11)17)15(19)9-1-2-14-8(5-9)3-4-20-14/h1-2,5-7,15H,3-4,19H2. The van der Waals surface area contributed by atoms with Crippen molar-refractivity contribution in [1.82, 2.24) is 0 Å². The van der Waals surface area contributed by atoms with Crippen molar-refractivity contribution in [3.8, 4) is 5.75 Å². The van der Waals surface area contributed by atoms with E-state index < -0.39 is 6.04 Å². The predicted octanol–water partition coefficient (Wildman–Crippen LogP) is 4.22. The molecule has 104 valence electrons. The third-order valence-electron chi connectivity index (χ3n) is 3.45. The Bertz CT molecular complexity index is 677. The van der Waals surface area contributed by atoms with E-state index in [-0.39, 0.29) is 5.82 Å². The maximum absolute atomic E-state index is 14.0. The molecule has 0 saturated carbocycles. The number of hydrogen-bond donors (Lipinski definition) is 1. The largest absolute Gasteiger partial charge is 0.493 e. The van der Waals surface area contributed by atoms with Gasteiger partial charge in [-0.1, -0.05) is 23.7 Å². The van der Waals surface area contributed by atoms with E-state index in [1.54, 1.807) is 6.07 Å². The molecule has 1 heterocycles. The van der Waals surface area contributed by atoms with E-state index >= 15 is 0 Å². The van der Waals surface area contributed by atoms with Gasteiger partial charge in [-0.25, -0.2) is 4.39 Å². The highest BCUT2D eigenvalue weighted by Gasteiger charge is 2.19. The van der Waals surface area contributed by atoms with Gasteiger partial charge in [0.1, 0.15) is 11.6 Å². The van der Waals surface area contributed by atoms with E-state index in [1.807, 2.05) is 18.2 Å². The Kier molecular flexibility index (Phi) is 3.71. The van der Waals surface area contributed by atoms with Gasteiger partial charge in [0.25, 0.3) is 0 Å². The van der Waals surface area contributed by atoms with Crippen molar-refractivity contribution in [2.24, 2.45) is 5.73 Å². The van der Waals surface area contributed by atoms with Crippen molar-refractivity contribution in [2.75, 3.05) is 6.61 Å². The zero-order chi connectivity index (χ0) is 14.3. The normalized spacial score (nSPS) is 14.8. The second kappa shape index (κ2) is 5.35. The van der Waals surface area contributed by atoms with E-state index in [0.29, 0.717) is 21.7 Å². The average molecular weight is 357 g/mol. The van der Waals surface area contributed by atoms with Crippen LogP contribution in [0.2, 0.25) is 5.02 Å². The molecule has 1 aliphatic rings. The molecule has 20 heavy (non-hydrogen) atoms. The zero-order valence-electron chi connectivity index (χ0n) is 10.5. The van der Waals surface area contributed by atoms with Crippen LogP contribution < -0.4 is 10.5 Å². The monoisotopic (exact) mass is 355 g/mol. The summed E-state index contributed by atoms with van der Waals surface area (Å²) < 4.78 is 20.0. The van der Waals surface area contributed by atoms with Crippen molar-refractivity contribution in [1.29, 1.82) is 0 Å². The lowest BCUT2D eigenvalue weighted by Crippen LogP contribution is -2.14. The Morgan fingerprint density at radius 2 is 2.10 bits per heavy atom. The van der Waals surface area contributed by atoms with Gasteiger partial charge in [-0.3, -0.25) is 0 Å². The quantitative estimate of drug-likeness (QED) is 0.818. The van der Waals surface area contributed by atoms with Gasteiger partial charge in [0, 0.05) is 16.5 Å². The Morgan fingerprint density at radius 3 is 2.90 bits per heavy atom. The van der Waals surface area contributed by atoms with Crippen molar-refractivity contribution in [2.45, 2.75) is 12.5 Å². The number of hydrogen-bond acceptors (Lipinski definition) is 2. The molecular weight excluding hydrogens is 345 g/mol. The van der Waals surface area contributed by atoms with Crippen LogP contribution >= 0.6 is 27.5 Å². The van der Waals surface area contributed by atoms with Crippen molar-refractivity contribution < 1.29 is 9.13 Å². The molecule has 0 bridgehead atoms. The lowest BCUT2D eigenvalue weighted by Gasteiger charge is -2.15. The SMILES string of the molecule is NC(c1ccc2c(c1)CCO2)c1cc(Cl)c(Br)cc1F. The van der Waals surface area contributed by atoms with Gasteiger partial charge < -0.3 is 10.5 Å². The summed E-state index contributed by atoms with van der Waals surface area (Å²) in [5, 5.41) is 0.446. The summed E-state index contributed by atoms with van der Waals surface area (Å²) in [7, 11) is 0. The van der Waals surface area contributed by atoms with Crippen molar-refractivity contribution in [3.05, 3.63) is 62.3 Å². The molecule has 0 aliphatic carbocycles. The highest BCUT2D eigenvalue weighted by Crippen LogP contribution is 2.33. The molecule has 0 fully saturated rings. The summed E-state index contributed by atoms with van der Waals surface area (Å²) in [6.45, 7) is 0.687. The first kappa shape index (κ1) is 13.9. The first-order chi connectivity index (χ1) is 9.56. The maximum Gasteiger partial charge on any atom is 0.129 e. The van der Waals surface area contributed by atoms with Crippen LogP contribution in [-0.2, 0) is 6.42 Å². The van der Waals surface area contributed by atoms with E-state index in [9.17, 15) is 4.39 Å². The maximum atomic E-state index is 14.0. The molecule has 0 spiro atoms. The summed E-state index contributed by atoms with van der Waals surface area (Å²) in [5.41, 5.74) is 8.53. The Hall–Kier alpha value is -1.10. The molecule has 0 amide bonds. The minimum absolute atomic E-state index is 0.370.